The monoisotopic (exact) mass is 269 g/mol. The fourth-order valence-corrected chi connectivity index (χ4v) is 2.15. The van der Waals surface area contributed by atoms with Crippen LogP contribution in [0.1, 0.15) is 35.2 Å². The fraction of sp³-hybridized carbons (Fsp3) is 0.500. The molecule has 0 radical (unpaired) electrons. The van der Waals surface area contributed by atoms with Crippen molar-refractivity contribution in [2.45, 2.75) is 26.2 Å². The van der Waals surface area contributed by atoms with Gasteiger partial charge in [-0.2, -0.15) is 11.8 Å². The minimum absolute atomic E-state index is 0.138. The van der Waals surface area contributed by atoms with Gasteiger partial charge in [-0.15, -0.1) is 0 Å². The number of unbranched alkanes of at least 4 members (excludes halogenated alkanes) is 2. The van der Waals surface area contributed by atoms with Crippen molar-refractivity contribution in [2.75, 3.05) is 18.6 Å². The van der Waals surface area contributed by atoms with E-state index in [-0.39, 0.29) is 11.5 Å². The lowest BCUT2D eigenvalue weighted by Gasteiger charge is -2.06. The van der Waals surface area contributed by atoms with E-state index in [0.29, 0.717) is 6.54 Å². The van der Waals surface area contributed by atoms with Crippen LogP contribution < -0.4 is 5.32 Å². The largest absolute Gasteiger partial charge is 0.352 e. The number of rotatable bonds is 7. The summed E-state index contributed by atoms with van der Waals surface area (Å²) >= 11 is 1.83. The van der Waals surface area contributed by atoms with Crippen LogP contribution in [-0.4, -0.2) is 24.5 Å². The summed E-state index contributed by atoms with van der Waals surface area (Å²) < 4.78 is 13.4. The molecule has 18 heavy (non-hydrogen) atoms. The number of nitrogens with one attached hydrogen (secondary N) is 1. The molecule has 1 rings (SSSR count). The van der Waals surface area contributed by atoms with Crippen molar-refractivity contribution in [3.8, 4) is 0 Å². The Labute approximate surface area is 112 Å². The van der Waals surface area contributed by atoms with E-state index in [0.717, 1.165) is 30.6 Å². The smallest absolute Gasteiger partial charge is 0.254 e. The quantitative estimate of drug-likeness (QED) is 0.769. The predicted octanol–water partition coefficient (Wildman–Crippen LogP) is 3.40. The summed E-state index contributed by atoms with van der Waals surface area (Å²) in [6.07, 6.45) is 5.29. The molecular formula is C14H20FNOS. The Bertz CT molecular complexity index is 395. The third-order valence-corrected chi connectivity index (χ3v) is 3.37. The first kappa shape index (κ1) is 15.0. The standard InChI is InChI=1S/C14H20FNOS/c1-11-6-7-13(15)12(10-11)14(17)16-8-4-3-5-9-18-2/h6-7,10H,3-5,8-9H2,1-2H3,(H,16,17). The molecule has 100 valence electrons. The van der Waals surface area contributed by atoms with Crippen molar-refractivity contribution < 1.29 is 9.18 Å². The highest BCUT2D eigenvalue weighted by Gasteiger charge is 2.10. The van der Waals surface area contributed by atoms with Crippen molar-refractivity contribution in [3.63, 3.8) is 0 Å². The van der Waals surface area contributed by atoms with Gasteiger partial charge in [-0.05, 0) is 43.9 Å². The summed E-state index contributed by atoms with van der Waals surface area (Å²) in [5, 5.41) is 2.76. The summed E-state index contributed by atoms with van der Waals surface area (Å²) in [5.41, 5.74) is 1.03. The van der Waals surface area contributed by atoms with E-state index in [1.807, 2.05) is 18.7 Å². The highest BCUT2D eigenvalue weighted by Crippen LogP contribution is 2.10. The van der Waals surface area contributed by atoms with Crippen LogP contribution in [0.2, 0.25) is 0 Å². The van der Waals surface area contributed by atoms with Crippen molar-refractivity contribution in [1.82, 2.24) is 5.32 Å². The van der Waals surface area contributed by atoms with Crippen molar-refractivity contribution in [1.29, 1.82) is 0 Å². The number of thioether (sulfide) groups is 1. The maximum absolute atomic E-state index is 13.4. The van der Waals surface area contributed by atoms with Gasteiger partial charge in [0.15, 0.2) is 0 Å². The zero-order valence-electron chi connectivity index (χ0n) is 11.0. The Balaban J connectivity index is 2.34. The number of carbonyl (C=O) groups is 1. The summed E-state index contributed by atoms with van der Waals surface area (Å²) in [4.78, 5) is 11.8. The second kappa shape index (κ2) is 8.14. The highest BCUT2D eigenvalue weighted by atomic mass is 32.2. The first-order chi connectivity index (χ1) is 8.65. The number of benzene rings is 1. The Morgan fingerprint density at radius 2 is 2.11 bits per heavy atom. The zero-order chi connectivity index (χ0) is 13.4. The van der Waals surface area contributed by atoms with E-state index in [4.69, 9.17) is 0 Å². The van der Waals surface area contributed by atoms with Crippen molar-refractivity contribution >= 4 is 17.7 Å². The molecular weight excluding hydrogens is 249 g/mol. The zero-order valence-corrected chi connectivity index (χ0v) is 11.8. The van der Waals surface area contributed by atoms with Crippen LogP contribution in [-0.2, 0) is 0 Å². The Kier molecular flexibility index (Phi) is 6.80. The third kappa shape index (κ3) is 5.08. The molecule has 0 atom stereocenters. The molecule has 0 heterocycles. The van der Waals surface area contributed by atoms with Gasteiger partial charge in [-0.3, -0.25) is 4.79 Å². The molecule has 0 fully saturated rings. The topological polar surface area (TPSA) is 29.1 Å². The van der Waals surface area contributed by atoms with Gasteiger partial charge in [0.1, 0.15) is 5.82 Å². The summed E-state index contributed by atoms with van der Waals surface area (Å²) in [6.45, 7) is 2.46. The van der Waals surface area contributed by atoms with Gasteiger partial charge in [0.2, 0.25) is 0 Å². The molecule has 0 bridgehead atoms. The van der Waals surface area contributed by atoms with Gasteiger partial charge < -0.3 is 5.32 Å². The Morgan fingerprint density at radius 1 is 1.33 bits per heavy atom. The summed E-state index contributed by atoms with van der Waals surface area (Å²) in [7, 11) is 0. The minimum Gasteiger partial charge on any atom is -0.352 e. The van der Waals surface area contributed by atoms with Gasteiger partial charge in [0.25, 0.3) is 5.91 Å². The lowest BCUT2D eigenvalue weighted by molar-refractivity contribution is 0.0949. The Morgan fingerprint density at radius 3 is 2.83 bits per heavy atom. The molecule has 0 unspecified atom stereocenters. The van der Waals surface area contributed by atoms with Crippen LogP contribution >= 0.6 is 11.8 Å². The maximum atomic E-state index is 13.4. The number of aryl methyl sites for hydroxylation is 1. The lowest BCUT2D eigenvalue weighted by Crippen LogP contribution is -2.25. The van der Waals surface area contributed by atoms with Crippen LogP contribution in [0.15, 0.2) is 18.2 Å². The van der Waals surface area contributed by atoms with E-state index in [1.54, 1.807) is 12.1 Å². The molecule has 1 amide bonds. The number of halogens is 1. The molecule has 0 spiro atoms. The first-order valence-corrected chi connectivity index (χ1v) is 7.58. The van der Waals surface area contributed by atoms with Gasteiger partial charge in [-0.1, -0.05) is 18.1 Å². The average molecular weight is 269 g/mol. The first-order valence-electron chi connectivity index (χ1n) is 6.18. The molecule has 0 aliphatic carbocycles. The van der Waals surface area contributed by atoms with E-state index in [9.17, 15) is 9.18 Å². The normalized spacial score (nSPS) is 10.4. The number of amides is 1. The molecule has 1 aromatic carbocycles. The van der Waals surface area contributed by atoms with Gasteiger partial charge in [0.05, 0.1) is 5.56 Å². The lowest BCUT2D eigenvalue weighted by atomic mass is 10.1. The van der Waals surface area contributed by atoms with Crippen LogP contribution in [0.25, 0.3) is 0 Å². The number of hydrogen-bond acceptors (Lipinski definition) is 2. The summed E-state index contributed by atoms with van der Waals surface area (Å²) in [6, 6.07) is 4.58. The molecule has 0 aliphatic rings. The van der Waals surface area contributed by atoms with Crippen molar-refractivity contribution in [2.24, 2.45) is 0 Å². The molecule has 2 nitrogen and oxygen atoms in total. The van der Waals surface area contributed by atoms with E-state index in [2.05, 4.69) is 11.6 Å². The molecule has 4 heteroatoms. The minimum atomic E-state index is -0.458. The van der Waals surface area contributed by atoms with Crippen LogP contribution in [0.4, 0.5) is 4.39 Å². The SMILES string of the molecule is CSCCCCCNC(=O)c1cc(C)ccc1F. The summed E-state index contributed by atoms with van der Waals surface area (Å²) in [5.74, 6) is 0.377. The molecule has 1 N–H and O–H groups in total. The molecule has 0 saturated carbocycles. The number of hydrogen-bond donors (Lipinski definition) is 1. The molecule has 0 saturated heterocycles. The maximum Gasteiger partial charge on any atom is 0.254 e. The van der Waals surface area contributed by atoms with Gasteiger partial charge in [0, 0.05) is 6.54 Å². The molecule has 0 aliphatic heterocycles. The fourth-order valence-electron chi connectivity index (χ4n) is 1.66. The second-order valence-corrected chi connectivity index (χ2v) is 5.28. The van der Waals surface area contributed by atoms with Crippen LogP contribution in [0.3, 0.4) is 0 Å². The Hall–Kier alpha value is -1.03. The van der Waals surface area contributed by atoms with E-state index < -0.39 is 5.82 Å². The second-order valence-electron chi connectivity index (χ2n) is 4.29. The predicted molar refractivity (Wildman–Crippen MR) is 75.7 cm³/mol. The van der Waals surface area contributed by atoms with E-state index in [1.165, 1.54) is 6.07 Å². The van der Waals surface area contributed by atoms with Gasteiger partial charge in [-0.25, -0.2) is 4.39 Å². The van der Waals surface area contributed by atoms with E-state index >= 15 is 0 Å². The molecule has 1 aromatic rings. The third-order valence-electron chi connectivity index (χ3n) is 2.68. The van der Waals surface area contributed by atoms with Crippen molar-refractivity contribution in [3.05, 3.63) is 35.1 Å². The van der Waals surface area contributed by atoms with Gasteiger partial charge >= 0.3 is 0 Å². The van der Waals surface area contributed by atoms with Crippen LogP contribution in [0.5, 0.6) is 0 Å². The highest BCUT2D eigenvalue weighted by molar-refractivity contribution is 7.98. The average Bonchev–Trinajstić information content (AvgIpc) is 2.36. The molecule has 0 aromatic heterocycles. The number of carbonyl (C=O) groups excluding carboxylic acids is 1. The van der Waals surface area contributed by atoms with Crippen LogP contribution in [0, 0.1) is 12.7 Å².